The summed E-state index contributed by atoms with van der Waals surface area (Å²) in [4.78, 5) is 36.5. The van der Waals surface area contributed by atoms with Crippen molar-refractivity contribution in [3.8, 4) is 17.2 Å². The van der Waals surface area contributed by atoms with Crippen LogP contribution in [0, 0.1) is 12.3 Å². The molecule has 2 aromatic rings. The zero-order chi connectivity index (χ0) is 26.0. The van der Waals surface area contributed by atoms with E-state index in [4.69, 9.17) is 9.47 Å². The highest BCUT2D eigenvalue weighted by molar-refractivity contribution is 6.10. The third-order valence-electron chi connectivity index (χ3n) is 5.22. The number of methoxy groups -OCH3 is 1. The molecule has 0 heterocycles. The number of ether oxygens (including phenoxy) is 2. The van der Waals surface area contributed by atoms with E-state index in [1.165, 1.54) is 43.5 Å². The molecule has 0 aliphatic rings. The summed E-state index contributed by atoms with van der Waals surface area (Å²) in [6.07, 6.45) is 5.24. The number of hydrogen-bond donors (Lipinski definition) is 4. The number of phenolic OH excluding ortho intramolecular Hbond substituents is 1. The third-order valence-corrected chi connectivity index (χ3v) is 5.22. The third kappa shape index (κ3) is 7.35. The number of esters is 1. The van der Waals surface area contributed by atoms with Gasteiger partial charge in [-0.2, -0.15) is 0 Å². The first-order valence-electron chi connectivity index (χ1n) is 10.6. The Morgan fingerprint density at radius 2 is 1.40 bits per heavy atom. The van der Waals surface area contributed by atoms with Gasteiger partial charge in [-0.05, 0) is 60.0 Å². The summed E-state index contributed by atoms with van der Waals surface area (Å²) in [5.74, 6) is -1.36. The molecular formula is C26H28O9. The van der Waals surface area contributed by atoms with Gasteiger partial charge in [0.05, 0.1) is 33.4 Å². The SMILES string of the molecule is COc1cc(/C=C/C(=O)CC(=O)/C=C/c2ccc(OC(=O)C(CO)(CO)CO)c(C)c2)ccc1O. The summed E-state index contributed by atoms with van der Waals surface area (Å²) < 4.78 is 10.2. The van der Waals surface area contributed by atoms with Crippen LogP contribution in [0.25, 0.3) is 12.2 Å². The van der Waals surface area contributed by atoms with Crippen LogP contribution in [0.5, 0.6) is 17.2 Å². The molecule has 0 aromatic heterocycles. The maximum absolute atomic E-state index is 12.3. The Hall–Kier alpha value is -3.79. The van der Waals surface area contributed by atoms with E-state index in [1.54, 1.807) is 31.2 Å². The van der Waals surface area contributed by atoms with Crippen molar-refractivity contribution in [2.45, 2.75) is 13.3 Å². The molecule has 9 nitrogen and oxygen atoms in total. The van der Waals surface area contributed by atoms with Crippen LogP contribution >= 0.6 is 0 Å². The van der Waals surface area contributed by atoms with Crippen molar-refractivity contribution in [1.82, 2.24) is 0 Å². The average molecular weight is 485 g/mol. The molecule has 0 atom stereocenters. The maximum atomic E-state index is 12.3. The summed E-state index contributed by atoms with van der Waals surface area (Å²) in [5, 5.41) is 37.6. The Morgan fingerprint density at radius 1 is 0.857 bits per heavy atom. The van der Waals surface area contributed by atoms with Crippen LogP contribution in [0.2, 0.25) is 0 Å². The summed E-state index contributed by atoms with van der Waals surface area (Å²) >= 11 is 0. The minimum Gasteiger partial charge on any atom is -0.504 e. The van der Waals surface area contributed by atoms with E-state index < -0.39 is 42.8 Å². The molecule has 9 heteroatoms. The van der Waals surface area contributed by atoms with Gasteiger partial charge in [-0.1, -0.05) is 24.3 Å². The molecule has 186 valence electrons. The molecule has 0 bridgehead atoms. The number of aromatic hydroxyl groups is 1. The largest absolute Gasteiger partial charge is 0.504 e. The molecule has 0 aliphatic heterocycles. The maximum Gasteiger partial charge on any atom is 0.324 e. The van der Waals surface area contributed by atoms with Gasteiger partial charge < -0.3 is 29.9 Å². The molecule has 0 unspecified atom stereocenters. The zero-order valence-electron chi connectivity index (χ0n) is 19.4. The quantitative estimate of drug-likeness (QED) is 0.153. The fourth-order valence-corrected chi connectivity index (χ4v) is 2.91. The van der Waals surface area contributed by atoms with E-state index in [-0.39, 0.29) is 23.7 Å². The molecule has 0 amide bonds. The van der Waals surface area contributed by atoms with Gasteiger partial charge in [0.25, 0.3) is 0 Å². The van der Waals surface area contributed by atoms with Crippen molar-refractivity contribution in [2.24, 2.45) is 5.41 Å². The van der Waals surface area contributed by atoms with Crippen molar-refractivity contribution in [3.63, 3.8) is 0 Å². The fourth-order valence-electron chi connectivity index (χ4n) is 2.91. The van der Waals surface area contributed by atoms with E-state index in [0.29, 0.717) is 16.7 Å². The lowest BCUT2D eigenvalue weighted by atomic mass is 9.91. The Balaban J connectivity index is 1.98. The molecule has 0 saturated heterocycles. The smallest absolute Gasteiger partial charge is 0.324 e. The first kappa shape index (κ1) is 27.5. The monoisotopic (exact) mass is 484 g/mol. The lowest BCUT2D eigenvalue weighted by molar-refractivity contribution is -0.155. The van der Waals surface area contributed by atoms with Crippen LogP contribution in [0.1, 0.15) is 23.1 Å². The van der Waals surface area contributed by atoms with Gasteiger partial charge in [-0.3, -0.25) is 14.4 Å². The molecular weight excluding hydrogens is 456 g/mol. The van der Waals surface area contributed by atoms with Crippen LogP contribution in [0.3, 0.4) is 0 Å². The lowest BCUT2D eigenvalue weighted by Crippen LogP contribution is -2.44. The summed E-state index contributed by atoms with van der Waals surface area (Å²) in [7, 11) is 1.41. The van der Waals surface area contributed by atoms with E-state index in [1.807, 2.05) is 0 Å². The molecule has 2 rings (SSSR count). The van der Waals surface area contributed by atoms with Gasteiger partial charge in [0.1, 0.15) is 11.2 Å². The number of ketones is 2. The number of aliphatic hydroxyl groups excluding tert-OH is 3. The Morgan fingerprint density at radius 3 is 1.91 bits per heavy atom. The van der Waals surface area contributed by atoms with E-state index >= 15 is 0 Å². The van der Waals surface area contributed by atoms with Gasteiger partial charge in [0, 0.05) is 0 Å². The van der Waals surface area contributed by atoms with Gasteiger partial charge in [-0.25, -0.2) is 0 Å². The van der Waals surface area contributed by atoms with Crippen molar-refractivity contribution in [3.05, 3.63) is 65.2 Å². The van der Waals surface area contributed by atoms with Gasteiger partial charge in [-0.15, -0.1) is 0 Å². The molecule has 0 saturated carbocycles. The predicted octanol–water partition coefficient (Wildman–Crippen LogP) is 1.83. The average Bonchev–Trinajstić information content (AvgIpc) is 2.85. The van der Waals surface area contributed by atoms with Gasteiger partial charge in [0.15, 0.2) is 23.1 Å². The number of phenols is 1. The topological polar surface area (TPSA) is 151 Å². The molecule has 0 spiro atoms. The molecule has 4 N–H and O–H groups in total. The van der Waals surface area contributed by atoms with Crippen molar-refractivity contribution in [1.29, 1.82) is 0 Å². The fraction of sp³-hybridized carbons (Fsp3) is 0.269. The number of allylic oxidation sites excluding steroid dienone is 2. The molecule has 0 fully saturated rings. The van der Waals surface area contributed by atoms with Crippen LogP contribution in [-0.2, 0) is 14.4 Å². The minimum absolute atomic E-state index is 0.0219. The van der Waals surface area contributed by atoms with Gasteiger partial charge in [0.2, 0.25) is 0 Å². The van der Waals surface area contributed by atoms with Gasteiger partial charge >= 0.3 is 5.97 Å². The number of carbonyl (C=O) groups excluding carboxylic acids is 3. The Labute approximate surface area is 202 Å². The van der Waals surface area contributed by atoms with Crippen molar-refractivity contribution in [2.75, 3.05) is 26.9 Å². The number of aryl methyl sites for hydroxylation is 1. The van der Waals surface area contributed by atoms with E-state index in [0.717, 1.165) is 0 Å². The Bertz CT molecular complexity index is 1120. The van der Waals surface area contributed by atoms with Crippen LogP contribution in [-0.4, -0.2) is 64.9 Å². The highest BCUT2D eigenvalue weighted by atomic mass is 16.5. The number of carbonyl (C=O) groups is 3. The van der Waals surface area contributed by atoms with Crippen molar-refractivity contribution < 1.29 is 44.3 Å². The second kappa shape index (κ2) is 12.6. The normalized spacial score (nSPS) is 11.7. The number of rotatable bonds is 12. The molecule has 0 radical (unpaired) electrons. The number of hydrogen-bond acceptors (Lipinski definition) is 9. The van der Waals surface area contributed by atoms with Crippen LogP contribution in [0.4, 0.5) is 0 Å². The first-order chi connectivity index (χ1) is 16.7. The number of aliphatic hydroxyl groups is 3. The van der Waals surface area contributed by atoms with Crippen LogP contribution in [0.15, 0.2) is 48.6 Å². The molecule has 2 aromatic carbocycles. The van der Waals surface area contributed by atoms with Crippen molar-refractivity contribution >= 4 is 29.7 Å². The van der Waals surface area contributed by atoms with E-state index in [9.17, 15) is 34.8 Å². The molecule has 35 heavy (non-hydrogen) atoms. The zero-order valence-corrected chi connectivity index (χ0v) is 19.4. The highest BCUT2D eigenvalue weighted by Gasteiger charge is 2.39. The highest BCUT2D eigenvalue weighted by Crippen LogP contribution is 2.27. The number of benzene rings is 2. The Kier molecular flexibility index (Phi) is 9.89. The summed E-state index contributed by atoms with van der Waals surface area (Å²) in [5.41, 5.74) is -0.0275. The predicted molar refractivity (Wildman–Crippen MR) is 128 cm³/mol. The van der Waals surface area contributed by atoms with E-state index in [2.05, 4.69) is 0 Å². The second-order valence-electron chi connectivity index (χ2n) is 7.88. The first-order valence-corrected chi connectivity index (χ1v) is 10.6. The summed E-state index contributed by atoms with van der Waals surface area (Å²) in [6, 6.07) is 9.30. The standard InChI is InChI=1S/C26H28O9/c1-17-11-18(6-10-23(17)35-25(33)26(14-27,15-28)16-29)3-7-20(30)13-21(31)8-4-19-5-9-22(32)24(12-19)34-2/h3-12,27-29,32H,13-16H2,1-2H3/b7-3+,8-4+. The lowest BCUT2D eigenvalue weighted by Gasteiger charge is -2.25. The minimum atomic E-state index is -1.81. The molecule has 0 aliphatic carbocycles. The summed E-state index contributed by atoms with van der Waals surface area (Å²) in [6.45, 7) is -0.680. The second-order valence-corrected chi connectivity index (χ2v) is 7.88. The van der Waals surface area contributed by atoms with Crippen LogP contribution < -0.4 is 9.47 Å².